The molecule has 2 rings (SSSR count). The van der Waals surface area contributed by atoms with Crippen LogP contribution in [0.2, 0.25) is 0 Å². The van der Waals surface area contributed by atoms with E-state index in [1.165, 1.54) is 6.20 Å². The third kappa shape index (κ3) is 5.18. The summed E-state index contributed by atoms with van der Waals surface area (Å²) in [4.78, 5) is 32.1. The number of carbonyl (C=O) groups is 2. The van der Waals surface area contributed by atoms with Crippen molar-refractivity contribution in [2.45, 2.75) is 31.2 Å². The number of esters is 1. The highest BCUT2D eigenvalue weighted by Gasteiger charge is 2.19. The van der Waals surface area contributed by atoms with Gasteiger partial charge in [-0.25, -0.2) is 14.8 Å². The van der Waals surface area contributed by atoms with E-state index in [4.69, 9.17) is 10.5 Å². The van der Waals surface area contributed by atoms with E-state index in [0.29, 0.717) is 5.16 Å². The Morgan fingerprint density at radius 1 is 1.32 bits per heavy atom. The van der Waals surface area contributed by atoms with Gasteiger partial charge in [0.25, 0.3) is 0 Å². The predicted molar refractivity (Wildman–Crippen MR) is 97.5 cm³/mol. The van der Waals surface area contributed by atoms with Crippen LogP contribution in [0.15, 0.2) is 35.6 Å². The number of nitrogens with zero attached hydrogens (tertiary/aromatic N) is 2. The lowest BCUT2D eigenvalue weighted by Gasteiger charge is -2.12. The first-order valence-corrected chi connectivity index (χ1v) is 8.62. The number of aromatic nitrogens is 2. The maximum atomic E-state index is 12.3. The zero-order chi connectivity index (χ0) is 18.4. The molecule has 0 fully saturated rings. The molecular weight excluding hydrogens is 340 g/mol. The summed E-state index contributed by atoms with van der Waals surface area (Å²) in [5, 5.41) is 2.71. The molecule has 25 heavy (non-hydrogen) atoms. The summed E-state index contributed by atoms with van der Waals surface area (Å²) in [6.07, 6.45) is 1.31. The molecule has 0 aliphatic carbocycles. The highest BCUT2D eigenvalue weighted by atomic mass is 32.2. The van der Waals surface area contributed by atoms with Gasteiger partial charge in [0.2, 0.25) is 5.91 Å². The number of nitrogens with one attached hydrogen (secondary N) is 1. The molecule has 1 heterocycles. The van der Waals surface area contributed by atoms with Gasteiger partial charge in [0, 0.05) is 11.9 Å². The van der Waals surface area contributed by atoms with Crippen molar-refractivity contribution in [1.82, 2.24) is 9.97 Å². The maximum absolute atomic E-state index is 12.3. The SMILES string of the molecule is CCOC(=O)c1cnc(S[C@@H](C)C(=O)Nc2ccc(C)cc2)nc1N. The smallest absolute Gasteiger partial charge is 0.343 e. The molecule has 1 aromatic heterocycles. The molecular formula is C17H20N4O3S. The zero-order valence-electron chi connectivity index (χ0n) is 14.3. The third-order valence-corrected chi connectivity index (χ3v) is 4.24. The number of benzene rings is 1. The second-order valence-corrected chi connectivity index (χ2v) is 6.60. The predicted octanol–water partition coefficient (Wildman–Crippen LogP) is 2.66. The summed E-state index contributed by atoms with van der Waals surface area (Å²) in [6, 6.07) is 7.52. The van der Waals surface area contributed by atoms with Gasteiger partial charge in [-0.2, -0.15) is 0 Å². The standard InChI is InChI=1S/C17H20N4O3S/c1-4-24-16(23)13-9-19-17(21-14(13)18)25-11(3)15(22)20-12-7-5-10(2)6-8-12/h5-9,11H,4H2,1-3H3,(H,20,22)(H2,18,19,21)/t11-/m0/s1. The number of carbonyl (C=O) groups excluding carboxylic acids is 2. The summed E-state index contributed by atoms with van der Waals surface area (Å²) in [5.41, 5.74) is 7.73. The third-order valence-electron chi connectivity index (χ3n) is 3.26. The molecule has 1 atom stereocenters. The van der Waals surface area contributed by atoms with Crippen LogP contribution in [0.1, 0.15) is 29.8 Å². The molecule has 0 bridgehead atoms. The first kappa shape index (κ1) is 18.7. The first-order chi connectivity index (χ1) is 11.9. The van der Waals surface area contributed by atoms with E-state index in [-0.39, 0.29) is 23.9 Å². The van der Waals surface area contributed by atoms with E-state index in [0.717, 1.165) is 23.0 Å². The molecule has 2 aromatic rings. The Balaban J connectivity index is 2.00. The van der Waals surface area contributed by atoms with E-state index in [1.54, 1.807) is 13.8 Å². The molecule has 0 saturated heterocycles. The average Bonchev–Trinajstić information content (AvgIpc) is 2.57. The number of ether oxygens (including phenoxy) is 1. The molecule has 0 unspecified atom stereocenters. The van der Waals surface area contributed by atoms with Crippen molar-refractivity contribution in [3.63, 3.8) is 0 Å². The lowest BCUT2D eigenvalue weighted by molar-refractivity contribution is -0.115. The molecule has 0 spiro atoms. The second kappa shape index (κ2) is 8.48. The van der Waals surface area contributed by atoms with Crippen molar-refractivity contribution < 1.29 is 14.3 Å². The van der Waals surface area contributed by atoms with Crippen LogP contribution >= 0.6 is 11.8 Å². The Bertz CT molecular complexity index is 765. The van der Waals surface area contributed by atoms with Crippen molar-refractivity contribution in [3.05, 3.63) is 41.6 Å². The largest absolute Gasteiger partial charge is 0.462 e. The molecule has 132 valence electrons. The van der Waals surface area contributed by atoms with Crippen LogP contribution in [0.5, 0.6) is 0 Å². The van der Waals surface area contributed by atoms with Crippen LogP contribution in [0.3, 0.4) is 0 Å². The fourth-order valence-corrected chi connectivity index (χ4v) is 2.64. The maximum Gasteiger partial charge on any atom is 0.343 e. The van der Waals surface area contributed by atoms with E-state index in [2.05, 4.69) is 15.3 Å². The van der Waals surface area contributed by atoms with Crippen molar-refractivity contribution in [2.75, 3.05) is 17.7 Å². The highest BCUT2D eigenvalue weighted by molar-refractivity contribution is 8.00. The molecule has 8 heteroatoms. The summed E-state index contributed by atoms with van der Waals surface area (Å²) in [7, 11) is 0. The molecule has 7 nitrogen and oxygen atoms in total. The fraction of sp³-hybridized carbons (Fsp3) is 0.294. The van der Waals surface area contributed by atoms with E-state index >= 15 is 0 Å². The van der Waals surface area contributed by atoms with Gasteiger partial charge < -0.3 is 15.8 Å². The first-order valence-electron chi connectivity index (χ1n) is 7.74. The number of hydrogen-bond donors (Lipinski definition) is 2. The Kier molecular flexibility index (Phi) is 6.35. The minimum absolute atomic E-state index is 0.0297. The lowest BCUT2D eigenvalue weighted by Crippen LogP contribution is -2.22. The summed E-state index contributed by atoms with van der Waals surface area (Å²) in [6.45, 7) is 5.66. The van der Waals surface area contributed by atoms with Crippen LogP contribution in [0, 0.1) is 6.92 Å². The van der Waals surface area contributed by atoms with Gasteiger partial charge in [0.15, 0.2) is 5.16 Å². The van der Waals surface area contributed by atoms with Gasteiger partial charge in [-0.15, -0.1) is 0 Å². The van der Waals surface area contributed by atoms with Crippen LogP contribution in [0.4, 0.5) is 11.5 Å². The monoisotopic (exact) mass is 360 g/mol. The summed E-state index contributed by atoms with van der Waals surface area (Å²) < 4.78 is 4.87. The average molecular weight is 360 g/mol. The number of rotatable bonds is 6. The normalized spacial score (nSPS) is 11.6. The zero-order valence-corrected chi connectivity index (χ0v) is 15.1. The van der Waals surface area contributed by atoms with Gasteiger partial charge in [-0.3, -0.25) is 4.79 Å². The van der Waals surface area contributed by atoms with Gasteiger partial charge in [0.05, 0.1) is 11.9 Å². The van der Waals surface area contributed by atoms with Crippen LogP contribution in [-0.2, 0) is 9.53 Å². The summed E-state index contributed by atoms with van der Waals surface area (Å²) in [5.74, 6) is -0.714. The number of nitrogen functional groups attached to an aromatic ring is 1. The van der Waals surface area contributed by atoms with Crippen molar-refractivity contribution in [2.24, 2.45) is 0 Å². The molecule has 0 radical (unpaired) electrons. The second-order valence-electron chi connectivity index (χ2n) is 5.29. The number of aryl methyl sites for hydroxylation is 1. The van der Waals surface area contributed by atoms with E-state index < -0.39 is 11.2 Å². The topological polar surface area (TPSA) is 107 Å². The minimum atomic E-state index is -0.568. The van der Waals surface area contributed by atoms with Crippen LogP contribution < -0.4 is 11.1 Å². The van der Waals surface area contributed by atoms with Crippen molar-refractivity contribution >= 4 is 35.1 Å². The van der Waals surface area contributed by atoms with Gasteiger partial charge in [-0.05, 0) is 32.9 Å². The molecule has 1 aromatic carbocycles. The number of anilines is 2. The van der Waals surface area contributed by atoms with Gasteiger partial charge in [-0.1, -0.05) is 29.5 Å². The van der Waals surface area contributed by atoms with E-state index in [9.17, 15) is 9.59 Å². The number of thioether (sulfide) groups is 1. The molecule has 0 aliphatic rings. The quantitative estimate of drug-likeness (QED) is 0.463. The molecule has 0 saturated carbocycles. The Labute approximate surface area is 150 Å². The lowest BCUT2D eigenvalue weighted by atomic mass is 10.2. The number of hydrogen-bond acceptors (Lipinski definition) is 7. The molecule has 3 N–H and O–H groups in total. The Hall–Kier alpha value is -2.61. The Morgan fingerprint density at radius 2 is 2.00 bits per heavy atom. The van der Waals surface area contributed by atoms with Crippen LogP contribution in [0.25, 0.3) is 0 Å². The number of nitrogens with two attached hydrogens (primary N) is 1. The highest BCUT2D eigenvalue weighted by Crippen LogP contribution is 2.23. The molecule has 0 aliphatic heterocycles. The van der Waals surface area contributed by atoms with Crippen molar-refractivity contribution in [1.29, 1.82) is 0 Å². The summed E-state index contributed by atoms with van der Waals surface area (Å²) >= 11 is 1.16. The van der Waals surface area contributed by atoms with Gasteiger partial charge in [0.1, 0.15) is 11.4 Å². The van der Waals surface area contributed by atoms with Crippen LogP contribution in [-0.4, -0.2) is 33.7 Å². The fourth-order valence-electron chi connectivity index (χ4n) is 1.89. The minimum Gasteiger partial charge on any atom is -0.462 e. The number of amides is 1. The van der Waals surface area contributed by atoms with Crippen molar-refractivity contribution in [3.8, 4) is 0 Å². The Morgan fingerprint density at radius 3 is 2.60 bits per heavy atom. The molecule has 1 amide bonds. The van der Waals surface area contributed by atoms with Gasteiger partial charge >= 0.3 is 5.97 Å². The van der Waals surface area contributed by atoms with E-state index in [1.807, 2.05) is 31.2 Å².